The van der Waals surface area contributed by atoms with Crippen LogP contribution >= 0.6 is 0 Å². The summed E-state index contributed by atoms with van der Waals surface area (Å²) in [6, 6.07) is 0. The maximum absolute atomic E-state index is 11.5. The largest absolute Gasteiger partial charge is 0.469 e. The number of ether oxygens (including phenoxy) is 1. The highest BCUT2D eigenvalue weighted by Gasteiger charge is 2.27. The van der Waals surface area contributed by atoms with Crippen molar-refractivity contribution >= 4 is 5.97 Å². The Labute approximate surface area is 126 Å². The summed E-state index contributed by atoms with van der Waals surface area (Å²) in [6.07, 6.45) is 15.8. The van der Waals surface area contributed by atoms with Crippen molar-refractivity contribution in [3.05, 3.63) is 0 Å². The molecule has 0 aromatic carbocycles. The topological polar surface area (TPSA) is 26.3 Å². The summed E-state index contributed by atoms with van der Waals surface area (Å²) in [5.74, 6) is -0.0791. The highest BCUT2D eigenvalue weighted by atomic mass is 16.5. The molecule has 0 aliphatic heterocycles. The van der Waals surface area contributed by atoms with E-state index in [1.165, 1.54) is 71.3 Å². The van der Waals surface area contributed by atoms with Crippen LogP contribution in [0.15, 0.2) is 0 Å². The second-order valence-corrected chi connectivity index (χ2v) is 6.66. The van der Waals surface area contributed by atoms with Gasteiger partial charge in [0.15, 0.2) is 0 Å². The van der Waals surface area contributed by atoms with Gasteiger partial charge in [-0.15, -0.1) is 0 Å². The zero-order valence-electron chi connectivity index (χ0n) is 14.3. The van der Waals surface area contributed by atoms with E-state index in [0.29, 0.717) is 0 Å². The standard InChI is InChI=1S/C18H36O2/c1-5-6-7-8-9-10-11-12-13-14-15-16-18(2,3)17(19)20-4/h5-16H2,1-4H3. The second-order valence-electron chi connectivity index (χ2n) is 6.66. The first-order valence-corrected chi connectivity index (χ1v) is 8.63. The number of carbonyl (C=O) groups is 1. The molecule has 0 aliphatic rings. The molecule has 0 atom stereocenters. The van der Waals surface area contributed by atoms with Gasteiger partial charge in [-0.1, -0.05) is 77.6 Å². The predicted molar refractivity (Wildman–Crippen MR) is 86.9 cm³/mol. The second kappa shape index (κ2) is 12.2. The van der Waals surface area contributed by atoms with Gasteiger partial charge < -0.3 is 4.74 Å². The fraction of sp³-hybridized carbons (Fsp3) is 0.944. The van der Waals surface area contributed by atoms with Gasteiger partial charge in [0, 0.05) is 0 Å². The Kier molecular flexibility index (Phi) is 11.9. The Balaban J connectivity index is 3.30. The fourth-order valence-electron chi connectivity index (χ4n) is 2.61. The number of hydrogen-bond acceptors (Lipinski definition) is 2. The Morgan fingerprint density at radius 3 is 1.60 bits per heavy atom. The van der Waals surface area contributed by atoms with Crippen molar-refractivity contribution in [3.8, 4) is 0 Å². The lowest BCUT2D eigenvalue weighted by Crippen LogP contribution is -2.25. The average Bonchev–Trinajstić information content (AvgIpc) is 2.43. The SMILES string of the molecule is CCCCCCCCCCCCCC(C)(C)C(=O)OC. The molecular formula is C18H36O2. The van der Waals surface area contributed by atoms with Crippen LogP contribution < -0.4 is 0 Å². The van der Waals surface area contributed by atoms with Gasteiger partial charge in [0.05, 0.1) is 12.5 Å². The summed E-state index contributed by atoms with van der Waals surface area (Å²) < 4.78 is 4.83. The minimum Gasteiger partial charge on any atom is -0.469 e. The van der Waals surface area contributed by atoms with Crippen LogP contribution in [0.1, 0.15) is 97.8 Å². The molecule has 2 nitrogen and oxygen atoms in total. The third-order valence-corrected chi connectivity index (χ3v) is 4.14. The first-order chi connectivity index (χ1) is 9.54. The quantitative estimate of drug-likeness (QED) is 0.311. The van der Waals surface area contributed by atoms with Crippen LogP contribution in [0.3, 0.4) is 0 Å². The normalized spacial score (nSPS) is 11.6. The minimum absolute atomic E-state index is 0.0791. The fourth-order valence-corrected chi connectivity index (χ4v) is 2.61. The number of esters is 1. The van der Waals surface area contributed by atoms with Crippen LogP contribution in [0, 0.1) is 5.41 Å². The molecule has 0 aliphatic carbocycles. The molecule has 2 heteroatoms. The monoisotopic (exact) mass is 284 g/mol. The molecule has 0 unspecified atom stereocenters. The maximum atomic E-state index is 11.5. The molecule has 0 amide bonds. The molecular weight excluding hydrogens is 248 g/mol. The zero-order valence-corrected chi connectivity index (χ0v) is 14.3. The average molecular weight is 284 g/mol. The highest BCUT2D eigenvalue weighted by Crippen LogP contribution is 2.25. The van der Waals surface area contributed by atoms with Gasteiger partial charge in [-0.05, 0) is 20.3 Å². The summed E-state index contributed by atoms with van der Waals surface area (Å²) in [5, 5.41) is 0. The van der Waals surface area contributed by atoms with E-state index in [0.717, 1.165) is 12.8 Å². The van der Waals surface area contributed by atoms with Crippen LogP contribution in [0.2, 0.25) is 0 Å². The first kappa shape index (κ1) is 19.5. The number of unbranched alkanes of at least 4 members (excludes halogenated alkanes) is 10. The van der Waals surface area contributed by atoms with Crippen molar-refractivity contribution in [2.75, 3.05) is 7.11 Å². The summed E-state index contributed by atoms with van der Waals surface area (Å²) in [5.41, 5.74) is -0.311. The molecule has 0 fully saturated rings. The zero-order chi connectivity index (χ0) is 15.3. The molecule has 0 heterocycles. The third-order valence-electron chi connectivity index (χ3n) is 4.14. The van der Waals surface area contributed by atoms with Crippen molar-refractivity contribution in [1.29, 1.82) is 0 Å². The molecule has 0 radical (unpaired) electrons. The van der Waals surface area contributed by atoms with Gasteiger partial charge >= 0.3 is 5.97 Å². The van der Waals surface area contributed by atoms with E-state index < -0.39 is 0 Å². The molecule has 0 aromatic rings. The minimum atomic E-state index is -0.311. The lowest BCUT2D eigenvalue weighted by atomic mass is 9.87. The Bertz CT molecular complexity index is 234. The summed E-state index contributed by atoms with van der Waals surface area (Å²) in [7, 11) is 1.48. The van der Waals surface area contributed by atoms with E-state index in [1.807, 2.05) is 13.8 Å². The van der Waals surface area contributed by atoms with Crippen LogP contribution in [-0.4, -0.2) is 13.1 Å². The molecule has 20 heavy (non-hydrogen) atoms. The van der Waals surface area contributed by atoms with Crippen LogP contribution in [0.4, 0.5) is 0 Å². The Hall–Kier alpha value is -0.530. The third kappa shape index (κ3) is 10.3. The summed E-state index contributed by atoms with van der Waals surface area (Å²) in [6.45, 7) is 6.23. The number of carbonyl (C=O) groups excluding carboxylic acids is 1. The van der Waals surface area contributed by atoms with Gasteiger partial charge in [-0.25, -0.2) is 0 Å². The van der Waals surface area contributed by atoms with Crippen molar-refractivity contribution in [2.24, 2.45) is 5.41 Å². The van der Waals surface area contributed by atoms with Gasteiger partial charge in [-0.3, -0.25) is 4.79 Å². The van der Waals surface area contributed by atoms with Gasteiger partial charge in [0.25, 0.3) is 0 Å². The van der Waals surface area contributed by atoms with E-state index in [2.05, 4.69) is 6.92 Å². The van der Waals surface area contributed by atoms with E-state index in [1.54, 1.807) is 0 Å². The first-order valence-electron chi connectivity index (χ1n) is 8.63. The van der Waals surface area contributed by atoms with Crippen LogP contribution in [0.25, 0.3) is 0 Å². The Morgan fingerprint density at radius 2 is 1.20 bits per heavy atom. The molecule has 0 saturated heterocycles. The summed E-state index contributed by atoms with van der Waals surface area (Å²) in [4.78, 5) is 11.5. The molecule has 0 N–H and O–H groups in total. The highest BCUT2D eigenvalue weighted by molar-refractivity contribution is 5.75. The maximum Gasteiger partial charge on any atom is 0.311 e. The van der Waals surface area contributed by atoms with Crippen molar-refractivity contribution < 1.29 is 9.53 Å². The van der Waals surface area contributed by atoms with E-state index in [-0.39, 0.29) is 11.4 Å². The van der Waals surface area contributed by atoms with Crippen LogP contribution in [-0.2, 0) is 9.53 Å². The van der Waals surface area contributed by atoms with Crippen LogP contribution in [0.5, 0.6) is 0 Å². The molecule has 120 valence electrons. The van der Waals surface area contributed by atoms with E-state index >= 15 is 0 Å². The smallest absolute Gasteiger partial charge is 0.311 e. The predicted octanol–water partition coefficient (Wildman–Crippen LogP) is 5.89. The molecule has 0 aromatic heterocycles. The number of hydrogen-bond donors (Lipinski definition) is 0. The van der Waals surface area contributed by atoms with Crippen molar-refractivity contribution in [1.82, 2.24) is 0 Å². The summed E-state index contributed by atoms with van der Waals surface area (Å²) >= 11 is 0. The van der Waals surface area contributed by atoms with Gasteiger partial charge in [0.1, 0.15) is 0 Å². The van der Waals surface area contributed by atoms with Crippen molar-refractivity contribution in [3.63, 3.8) is 0 Å². The van der Waals surface area contributed by atoms with Gasteiger partial charge in [-0.2, -0.15) is 0 Å². The molecule has 0 saturated carbocycles. The number of methoxy groups -OCH3 is 1. The Morgan fingerprint density at radius 1 is 0.800 bits per heavy atom. The molecule has 0 bridgehead atoms. The number of rotatable bonds is 13. The van der Waals surface area contributed by atoms with Gasteiger partial charge in [0.2, 0.25) is 0 Å². The molecule has 0 rings (SSSR count). The van der Waals surface area contributed by atoms with Crippen molar-refractivity contribution in [2.45, 2.75) is 97.8 Å². The lowest BCUT2D eigenvalue weighted by Gasteiger charge is -2.20. The lowest BCUT2D eigenvalue weighted by molar-refractivity contribution is -0.151. The van der Waals surface area contributed by atoms with E-state index in [4.69, 9.17) is 4.74 Å². The molecule has 0 spiro atoms. The van der Waals surface area contributed by atoms with E-state index in [9.17, 15) is 4.79 Å².